The number of hydrogen-bond acceptors (Lipinski definition) is 22. The molecule has 9 N–H and O–H groups in total. The zero-order valence-corrected chi connectivity index (χ0v) is 28.3. The molecule has 24 heteroatoms. The molecule has 4 aliphatic heterocycles. The van der Waals surface area contributed by atoms with Crippen LogP contribution in [0, 0.1) is 11.8 Å². The molecular formula is C29H45N3O21-2. The summed E-state index contributed by atoms with van der Waals surface area (Å²) in [7, 11) is 0. The molecule has 0 aromatic rings. The molecule has 0 aromatic heterocycles. The lowest BCUT2D eigenvalue weighted by Gasteiger charge is -2.50. The fourth-order valence-electron chi connectivity index (χ4n) is 6.46. The van der Waals surface area contributed by atoms with Crippen LogP contribution in [0.15, 0.2) is 5.11 Å². The zero-order valence-electron chi connectivity index (χ0n) is 28.3. The molecule has 4 heterocycles. The minimum Gasteiger partial charge on any atom is -0.547 e. The van der Waals surface area contributed by atoms with Gasteiger partial charge in [0.25, 0.3) is 0 Å². The third kappa shape index (κ3) is 9.52. The molecule has 4 aliphatic rings. The van der Waals surface area contributed by atoms with Crippen molar-refractivity contribution >= 4 is 11.9 Å². The van der Waals surface area contributed by atoms with Crippen molar-refractivity contribution in [3.8, 4) is 0 Å². The molecule has 0 amide bonds. The molecule has 4 fully saturated rings. The number of carbonyl (C=O) groups excluding carboxylic acids is 2. The largest absolute Gasteiger partial charge is 0.547 e. The lowest BCUT2D eigenvalue weighted by Crippen LogP contribution is -2.67. The zero-order chi connectivity index (χ0) is 39.3. The van der Waals surface area contributed by atoms with Gasteiger partial charge in [-0.1, -0.05) is 19.0 Å². The predicted octanol–water partition coefficient (Wildman–Crippen LogP) is -7.96. The second-order valence-electron chi connectivity index (χ2n) is 13.1. The maximum atomic E-state index is 12.3. The van der Waals surface area contributed by atoms with Crippen LogP contribution < -0.4 is 10.2 Å². The van der Waals surface area contributed by atoms with E-state index in [0.29, 0.717) is 6.42 Å². The predicted molar refractivity (Wildman–Crippen MR) is 158 cm³/mol. The molecule has 0 aromatic carbocycles. The fraction of sp³-hybridized carbons (Fsp3) is 0.931. The molecule has 24 nitrogen and oxygen atoms in total. The summed E-state index contributed by atoms with van der Waals surface area (Å²) in [5.41, 5.74) is 8.44. The van der Waals surface area contributed by atoms with Gasteiger partial charge in [-0.05, 0) is 12.0 Å². The Kier molecular flexibility index (Phi) is 15.5. The summed E-state index contributed by atoms with van der Waals surface area (Å²) in [6.07, 6.45) is -32.5. The van der Waals surface area contributed by atoms with E-state index in [4.69, 9.17) is 43.4 Å². The van der Waals surface area contributed by atoms with E-state index < -0.39 is 148 Å². The average molecular weight is 772 g/mol. The molecule has 8 unspecified atom stereocenters. The number of rotatable bonds is 15. The van der Waals surface area contributed by atoms with Gasteiger partial charge in [0.15, 0.2) is 25.2 Å². The number of hydrogen-bond donors (Lipinski definition) is 9. The van der Waals surface area contributed by atoms with E-state index in [1.165, 1.54) is 13.8 Å². The number of ether oxygens (including phenoxy) is 8. The minimum atomic E-state index is -2.22. The lowest BCUT2D eigenvalue weighted by atomic mass is 9.90. The molecule has 0 bridgehead atoms. The SMILES string of the molecule is CC1[C@H](O[C@@H]2C(C(=O)[O-])O[C@@H](O[C@@H]3C(C)[C@H](OCCCN=[N+]=[N-])OC(CO)[C@H]3O)C(O)[C@H]2O)OC(CO)[C@@H](O)[C@@H]1O[C@@H]1OC(C(=O)[O-])[C@@H](O)[C@H](O)C1O. The molecular weight excluding hydrogens is 726 g/mol. The molecule has 0 aliphatic carbocycles. The smallest absolute Gasteiger partial charge is 0.187 e. The number of carboxylic acid groups (broad SMARTS) is 2. The van der Waals surface area contributed by atoms with Crippen LogP contribution in [0.1, 0.15) is 20.3 Å². The Labute approximate surface area is 300 Å². The molecule has 304 valence electrons. The molecule has 4 rings (SSSR count). The molecule has 53 heavy (non-hydrogen) atoms. The van der Waals surface area contributed by atoms with Crippen molar-refractivity contribution in [2.75, 3.05) is 26.4 Å². The Morgan fingerprint density at radius 3 is 1.62 bits per heavy atom. The molecule has 0 saturated carbocycles. The quantitative estimate of drug-likeness (QED) is 0.0323. The van der Waals surface area contributed by atoms with E-state index in [0.717, 1.165) is 0 Å². The van der Waals surface area contributed by atoms with Gasteiger partial charge in [0, 0.05) is 29.9 Å². The number of nitrogens with zero attached hydrogens (tertiary/aromatic N) is 3. The Morgan fingerprint density at radius 1 is 0.642 bits per heavy atom. The average Bonchev–Trinajstić information content (AvgIpc) is 3.12. The first-order valence-corrected chi connectivity index (χ1v) is 16.7. The maximum Gasteiger partial charge on any atom is 0.187 e. The van der Waals surface area contributed by atoms with Crippen molar-refractivity contribution in [1.82, 2.24) is 0 Å². The van der Waals surface area contributed by atoms with Gasteiger partial charge in [0.1, 0.15) is 73.2 Å². The van der Waals surface area contributed by atoms with Crippen molar-refractivity contribution in [1.29, 1.82) is 0 Å². The van der Waals surface area contributed by atoms with Crippen LogP contribution in [0.25, 0.3) is 10.4 Å². The number of aliphatic carboxylic acids is 2. The van der Waals surface area contributed by atoms with E-state index in [1.54, 1.807) is 0 Å². The number of carboxylic acids is 2. The van der Waals surface area contributed by atoms with Gasteiger partial charge >= 0.3 is 0 Å². The third-order valence-electron chi connectivity index (χ3n) is 9.51. The van der Waals surface area contributed by atoms with Crippen LogP contribution in [-0.4, -0.2) is 195 Å². The van der Waals surface area contributed by atoms with Crippen LogP contribution in [-0.2, 0) is 47.5 Å². The Balaban J connectivity index is 1.50. The van der Waals surface area contributed by atoms with Crippen molar-refractivity contribution in [2.24, 2.45) is 17.0 Å². The minimum absolute atomic E-state index is 0.0312. The van der Waals surface area contributed by atoms with Crippen molar-refractivity contribution in [2.45, 2.75) is 131 Å². The summed E-state index contributed by atoms with van der Waals surface area (Å²) < 4.78 is 44.5. The van der Waals surface area contributed by atoms with Gasteiger partial charge < -0.3 is 104 Å². The van der Waals surface area contributed by atoms with Gasteiger partial charge in [-0.25, -0.2) is 0 Å². The Hall–Kier alpha value is -2.43. The van der Waals surface area contributed by atoms with Gasteiger partial charge in [-0.3, -0.25) is 0 Å². The van der Waals surface area contributed by atoms with Crippen LogP contribution >= 0.6 is 0 Å². The van der Waals surface area contributed by atoms with Gasteiger partial charge in [-0.15, -0.1) is 0 Å². The van der Waals surface area contributed by atoms with Crippen molar-refractivity contribution < 1.29 is 104 Å². The first-order valence-electron chi connectivity index (χ1n) is 16.7. The van der Waals surface area contributed by atoms with Crippen molar-refractivity contribution in [3.05, 3.63) is 10.4 Å². The second kappa shape index (κ2) is 18.9. The molecule has 0 radical (unpaired) electrons. The first-order chi connectivity index (χ1) is 25.1. The van der Waals surface area contributed by atoms with E-state index in [2.05, 4.69) is 10.0 Å². The Morgan fingerprint density at radius 2 is 1.11 bits per heavy atom. The normalized spacial score (nSPS) is 46.3. The van der Waals surface area contributed by atoms with Crippen LogP contribution in [0.4, 0.5) is 0 Å². The molecule has 20 atom stereocenters. The summed E-state index contributed by atoms with van der Waals surface area (Å²) in [6, 6.07) is 0. The number of carbonyl (C=O) groups is 2. The van der Waals surface area contributed by atoms with Gasteiger partial charge in [-0.2, -0.15) is 0 Å². The highest BCUT2D eigenvalue weighted by molar-refractivity contribution is 5.71. The number of azide groups is 1. The van der Waals surface area contributed by atoms with Crippen LogP contribution in [0.3, 0.4) is 0 Å². The third-order valence-corrected chi connectivity index (χ3v) is 9.51. The highest BCUT2D eigenvalue weighted by Gasteiger charge is 2.55. The van der Waals surface area contributed by atoms with Gasteiger partial charge in [0.2, 0.25) is 0 Å². The summed E-state index contributed by atoms with van der Waals surface area (Å²) in [5, 5.41) is 121. The summed E-state index contributed by atoms with van der Waals surface area (Å²) in [6.45, 7) is 1.34. The highest BCUT2D eigenvalue weighted by Crippen LogP contribution is 2.37. The monoisotopic (exact) mass is 771 g/mol. The first kappa shape index (κ1) is 43.3. The maximum absolute atomic E-state index is 12.3. The molecule has 0 spiro atoms. The van der Waals surface area contributed by atoms with Crippen molar-refractivity contribution in [3.63, 3.8) is 0 Å². The highest BCUT2D eigenvalue weighted by atomic mass is 16.8. The van der Waals surface area contributed by atoms with Crippen LogP contribution in [0.5, 0.6) is 0 Å². The van der Waals surface area contributed by atoms with E-state index in [9.17, 15) is 65.8 Å². The number of aliphatic hydroxyl groups excluding tert-OH is 9. The summed E-state index contributed by atoms with van der Waals surface area (Å²) in [5.74, 6) is -6.04. The van der Waals surface area contributed by atoms with E-state index in [1.807, 2.05) is 0 Å². The summed E-state index contributed by atoms with van der Waals surface area (Å²) >= 11 is 0. The lowest BCUT2D eigenvalue weighted by molar-refractivity contribution is -0.392. The number of aliphatic hydroxyl groups is 9. The van der Waals surface area contributed by atoms with Crippen LogP contribution in [0.2, 0.25) is 0 Å². The van der Waals surface area contributed by atoms with Gasteiger partial charge in [0.05, 0.1) is 37.4 Å². The molecule has 4 saturated heterocycles. The van der Waals surface area contributed by atoms with E-state index >= 15 is 0 Å². The topological polar surface area (TPSA) is 385 Å². The Bertz CT molecular complexity index is 1260. The second-order valence-corrected chi connectivity index (χ2v) is 13.1. The fourth-order valence-corrected chi connectivity index (χ4v) is 6.46. The van der Waals surface area contributed by atoms with E-state index in [-0.39, 0.29) is 13.2 Å². The standard InChI is InChI=1S/C29H47N3O21/c1-8-19(12(35)10(6-33)47-26(8)46-5-3-4-31-32-30)49-29-18(41)16(39)21(23(53-29)25(44)45)51-27-9(2)20(13(36)11(7-34)48-27)50-28-17(40)14(37)15(38)22(52-28)24(42)43/h8-23,26-29,33-41H,3-7H2,1-2H3,(H,42,43)(H,44,45)/p-2/t8?,9?,10?,11?,12-,13-,14+,15+,16-,17?,18?,19-,20-,21+,22?,23?,26-,27+,28-,29-/m1/s1. The summed E-state index contributed by atoms with van der Waals surface area (Å²) in [4.78, 5) is 26.4.